The van der Waals surface area contributed by atoms with Crippen LogP contribution in [-0.2, 0) is 0 Å². The van der Waals surface area contributed by atoms with Gasteiger partial charge in [0.2, 0.25) is 0 Å². The third-order valence-corrected chi connectivity index (χ3v) is 4.12. The van der Waals surface area contributed by atoms with Gasteiger partial charge in [-0.05, 0) is 38.9 Å². The van der Waals surface area contributed by atoms with E-state index in [1.807, 2.05) is 50.2 Å². The van der Waals surface area contributed by atoms with Gasteiger partial charge in [-0.15, -0.1) is 0 Å². The molecule has 2 N–H and O–H groups in total. The van der Waals surface area contributed by atoms with Gasteiger partial charge in [0.25, 0.3) is 5.56 Å². The number of benzene rings is 1. The van der Waals surface area contributed by atoms with Gasteiger partial charge in [0.15, 0.2) is 0 Å². The van der Waals surface area contributed by atoms with Crippen molar-refractivity contribution in [1.82, 2.24) is 14.8 Å². The molecular weight excluding hydrogens is 340 g/mol. The molecule has 0 aliphatic rings. The molecule has 140 valence electrons. The first kappa shape index (κ1) is 18.8. The molecule has 0 saturated carbocycles. The molecule has 0 saturated heterocycles. The molecule has 0 fully saturated rings. The Bertz CT molecular complexity index is 952. The van der Waals surface area contributed by atoms with Crippen LogP contribution in [0, 0.1) is 0 Å². The van der Waals surface area contributed by atoms with Crippen molar-refractivity contribution in [3.63, 3.8) is 0 Å². The zero-order valence-corrected chi connectivity index (χ0v) is 15.6. The summed E-state index contributed by atoms with van der Waals surface area (Å²) in [5, 5.41) is 4.55. The summed E-state index contributed by atoms with van der Waals surface area (Å²) in [6, 6.07) is 15.1. The molecule has 1 aromatic carbocycles. The molecule has 0 unspecified atom stereocenters. The fourth-order valence-corrected chi connectivity index (χ4v) is 2.76. The van der Waals surface area contributed by atoms with Gasteiger partial charge in [-0.25, -0.2) is 4.68 Å². The van der Waals surface area contributed by atoms with E-state index in [-0.39, 0.29) is 11.6 Å². The van der Waals surface area contributed by atoms with Gasteiger partial charge >= 0.3 is 0 Å². The summed E-state index contributed by atoms with van der Waals surface area (Å²) < 4.78 is 7.24. The smallest absolute Gasteiger partial charge is 0.267 e. The van der Waals surface area contributed by atoms with E-state index in [1.54, 1.807) is 18.3 Å². The summed E-state index contributed by atoms with van der Waals surface area (Å²) in [5.74, 6) is 0.655. The second-order valence-corrected chi connectivity index (χ2v) is 6.52. The molecule has 0 atom stereocenters. The number of ether oxygens (including phenoxy) is 1. The monoisotopic (exact) mass is 364 g/mol. The van der Waals surface area contributed by atoms with Crippen LogP contribution in [0.3, 0.4) is 0 Å². The highest BCUT2D eigenvalue weighted by molar-refractivity contribution is 5.79. The van der Waals surface area contributed by atoms with Crippen molar-refractivity contribution in [2.24, 2.45) is 5.73 Å². The van der Waals surface area contributed by atoms with E-state index in [0.29, 0.717) is 24.6 Å². The molecule has 0 radical (unpaired) electrons. The maximum atomic E-state index is 12.1. The lowest BCUT2D eigenvalue weighted by Crippen LogP contribution is -2.24. The summed E-state index contributed by atoms with van der Waals surface area (Å²) in [5.41, 5.74) is 8.68. The second-order valence-electron chi connectivity index (χ2n) is 6.52. The highest BCUT2D eigenvalue weighted by atomic mass is 16.5. The molecule has 27 heavy (non-hydrogen) atoms. The van der Waals surface area contributed by atoms with Crippen molar-refractivity contribution >= 4 is 0 Å². The van der Waals surface area contributed by atoms with Gasteiger partial charge < -0.3 is 10.5 Å². The molecule has 3 rings (SSSR count). The lowest BCUT2D eigenvalue weighted by Gasteiger charge is -2.14. The van der Waals surface area contributed by atoms with Crippen LogP contribution in [0.1, 0.15) is 26.3 Å². The Morgan fingerprint density at radius 1 is 1.15 bits per heavy atom. The average molecular weight is 364 g/mol. The van der Waals surface area contributed by atoms with Crippen LogP contribution in [0.25, 0.3) is 22.5 Å². The summed E-state index contributed by atoms with van der Waals surface area (Å²) in [6.07, 6.45) is 2.48. The van der Waals surface area contributed by atoms with Gasteiger partial charge in [-0.3, -0.25) is 9.78 Å². The standard InChI is InChI=1S/C21H24N4O2/c1-15(2)25-20(26)10-9-19(24-25)18-13-17(27-12-6-11-22)14-23-21(18)16-7-4-3-5-8-16/h3-5,7-10,13-15H,6,11-12,22H2,1-2H3. The van der Waals surface area contributed by atoms with E-state index >= 15 is 0 Å². The lowest BCUT2D eigenvalue weighted by atomic mass is 10.0. The van der Waals surface area contributed by atoms with Gasteiger partial charge in [-0.2, -0.15) is 5.10 Å². The number of aromatic nitrogens is 3. The highest BCUT2D eigenvalue weighted by Gasteiger charge is 2.14. The Balaban J connectivity index is 2.11. The van der Waals surface area contributed by atoms with Crippen molar-refractivity contribution in [3.8, 4) is 28.3 Å². The summed E-state index contributed by atoms with van der Waals surface area (Å²) in [7, 11) is 0. The zero-order chi connectivity index (χ0) is 19.2. The predicted molar refractivity (Wildman–Crippen MR) is 107 cm³/mol. The van der Waals surface area contributed by atoms with Crippen LogP contribution in [0.2, 0.25) is 0 Å². The Morgan fingerprint density at radius 3 is 2.63 bits per heavy atom. The molecule has 0 aliphatic carbocycles. The Labute approximate surface area is 158 Å². The first-order valence-electron chi connectivity index (χ1n) is 9.08. The van der Waals surface area contributed by atoms with E-state index < -0.39 is 0 Å². The number of hydrogen-bond donors (Lipinski definition) is 1. The number of rotatable bonds is 7. The zero-order valence-electron chi connectivity index (χ0n) is 15.6. The third kappa shape index (κ3) is 4.41. The number of nitrogens with zero attached hydrogens (tertiary/aromatic N) is 3. The Hall–Kier alpha value is -2.99. The molecule has 0 spiro atoms. The SMILES string of the molecule is CC(C)n1nc(-c2cc(OCCCN)cnc2-c2ccccc2)ccc1=O. The quantitative estimate of drug-likeness (QED) is 0.651. The summed E-state index contributed by atoms with van der Waals surface area (Å²) in [4.78, 5) is 16.7. The van der Waals surface area contributed by atoms with Gasteiger partial charge in [0.1, 0.15) is 5.75 Å². The number of nitrogens with two attached hydrogens (primary N) is 1. The van der Waals surface area contributed by atoms with Crippen LogP contribution in [0.15, 0.2) is 59.5 Å². The normalized spacial score (nSPS) is 11.0. The molecule has 3 aromatic rings. The van der Waals surface area contributed by atoms with Crippen LogP contribution < -0.4 is 16.0 Å². The molecule has 2 heterocycles. The van der Waals surface area contributed by atoms with E-state index in [9.17, 15) is 4.79 Å². The van der Waals surface area contributed by atoms with E-state index in [4.69, 9.17) is 10.5 Å². The van der Waals surface area contributed by atoms with Crippen molar-refractivity contribution in [3.05, 3.63) is 65.1 Å². The fraction of sp³-hybridized carbons (Fsp3) is 0.286. The molecule has 0 bridgehead atoms. The van der Waals surface area contributed by atoms with E-state index in [0.717, 1.165) is 23.2 Å². The third-order valence-electron chi connectivity index (χ3n) is 4.12. The second kappa shape index (κ2) is 8.60. The van der Waals surface area contributed by atoms with Crippen LogP contribution >= 0.6 is 0 Å². The summed E-state index contributed by atoms with van der Waals surface area (Å²) in [6.45, 7) is 4.96. The molecular formula is C21H24N4O2. The number of pyridine rings is 1. The minimum Gasteiger partial charge on any atom is -0.492 e. The Morgan fingerprint density at radius 2 is 1.93 bits per heavy atom. The van der Waals surface area contributed by atoms with E-state index in [1.165, 1.54) is 4.68 Å². The fourth-order valence-electron chi connectivity index (χ4n) is 2.76. The summed E-state index contributed by atoms with van der Waals surface area (Å²) >= 11 is 0. The Kier molecular flexibility index (Phi) is 5.98. The van der Waals surface area contributed by atoms with E-state index in [2.05, 4.69) is 10.1 Å². The van der Waals surface area contributed by atoms with Crippen molar-refractivity contribution in [2.45, 2.75) is 26.3 Å². The molecule has 6 heteroatoms. The minimum atomic E-state index is -0.127. The van der Waals surface area contributed by atoms with Gasteiger partial charge in [0.05, 0.1) is 30.2 Å². The first-order chi connectivity index (χ1) is 13.1. The van der Waals surface area contributed by atoms with Crippen LogP contribution in [-0.4, -0.2) is 27.9 Å². The van der Waals surface area contributed by atoms with Gasteiger partial charge in [-0.1, -0.05) is 30.3 Å². The van der Waals surface area contributed by atoms with Gasteiger partial charge in [0, 0.05) is 17.2 Å². The van der Waals surface area contributed by atoms with Crippen molar-refractivity contribution in [1.29, 1.82) is 0 Å². The van der Waals surface area contributed by atoms with Crippen LogP contribution in [0.4, 0.5) is 0 Å². The molecule has 6 nitrogen and oxygen atoms in total. The first-order valence-corrected chi connectivity index (χ1v) is 9.08. The average Bonchev–Trinajstić information content (AvgIpc) is 2.69. The predicted octanol–water partition coefficient (Wildman–Crippen LogP) is 3.28. The maximum absolute atomic E-state index is 12.1. The largest absolute Gasteiger partial charge is 0.492 e. The molecule has 0 aliphatic heterocycles. The lowest BCUT2D eigenvalue weighted by molar-refractivity contribution is 0.312. The van der Waals surface area contributed by atoms with Crippen molar-refractivity contribution in [2.75, 3.05) is 13.2 Å². The maximum Gasteiger partial charge on any atom is 0.267 e. The molecule has 0 amide bonds. The molecule has 2 aromatic heterocycles. The van der Waals surface area contributed by atoms with Crippen LogP contribution in [0.5, 0.6) is 5.75 Å². The number of hydrogen-bond acceptors (Lipinski definition) is 5. The highest BCUT2D eigenvalue weighted by Crippen LogP contribution is 2.31. The minimum absolute atomic E-state index is 0.0328. The topological polar surface area (TPSA) is 83.0 Å². The van der Waals surface area contributed by atoms with Crippen molar-refractivity contribution < 1.29 is 4.74 Å².